The average Bonchev–Trinajstić information content (AvgIpc) is 2.02. The molecular weight excluding hydrogens is 179 g/mol. The summed E-state index contributed by atoms with van der Waals surface area (Å²) in [5.74, 6) is 0.268. The molecule has 0 N–H and O–H groups in total. The Morgan fingerprint density at radius 3 is 2.25 bits per heavy atom. The molecule has 0 aliphatic heterocycles. The van der Waals surface area contributed by atoms with Crippen LogP contribution in [0.1, 0.15) is 32.1 Å². The Morgan fingerprint density at radius 1 is 1.17 bits per heavy atom. The maximum atomic E-state index is 12.0. The summed E-state index contributed by atoms with van der Waals surface area (Å²) >= 11 is 0. The highest BCUT2D eigenvalue weighted by atomic mass is 32.3. The van der Waals surface area contributed by atoms with Gasteiger partial charge in [-0.1, -0.05) is 25.3 Å². The van der Waals surface area contributed by atoms with Crippen LogP contribution in [0.25, 0.3) is 0 Å². The minimum Gasteiger partial charge on any atom is -0.190 e. The normalized spacial score (nSPS) is 21.8. The molecule has 0 amide bonds. The average molecular weight is 192 g/mol. The van der Waals surface area contributed by atoms with Gasteiger partial charge in [0.1, 0.15) is 0 Å². The van der Waals surface area contributed by atoms with Crippen LogP contribution in [-0.4, -0.2) is 8.42 Å². The Morgan fingerprint density at radius 2 is 1.75 bits per heavy atom. The standard InChI is InChI=1S/C8H13FO2S/c9-12(10,11)7-6-8-4-2-1-3-5-8/h6-8H,1-5H2/b7-6+. The van der Waals surface area contributed by atoms with E-state index in [0.29, 0.717) is 5.41 Å². The first-order valence-corrected chi connectivity index (χ1v) is 5.65. The van der Waals surface area contributed by atoms with Gasteiger partial charge in [-0.3, -0.25) is 0 Å². The molecule has 12 heavy (non-hydrogen) atoms. The zero-order valence-electron chi connectivity index (χ0n) is 6.87. The molecule has 0 spiro atoms. The molecule has 70 valence electrons. The molecule has 1 aliphatic carbocycles. The maximum absolute atomic E-state index is 12.0. The Labute approximate surface area is 72.7 Å². The second-order valence-electron chi connectivity index (χ2n) is 3.20. The van der Waals surface area contributed by atoms with E-state index in [1.54, 1.807) is 0 Å². The lowest BCUT2D eigenvalue weighted by Crippen LogP contribution is -2.03. The van der Waals surface area contributed by atoms with Crippen molar-refractivity contribution in [2.24, 2.45) is 5.92 Å². The summed E-state index contributed by atoms with van der Waals surface area (Å²) < 4.78 is 32.3. The molecule has 1 fully saturated rings. The van der Waals surface area contributed by atoms with Crippen molar-refractivity contribution in [2.75, 3.05) is 0 Å². The monoisotopic (exact) mass is 192 g/mol. The van der Waals surface area contributed by atoms with Gasteiger partial charge in [-0.25, -0.2) is 0 Å². The lowest BCUT2D eigenvalue weighted by molar-refractivity contribution is 0.419. The molecule has 0 radical (unpaired) electrons. The van der Waals surface area contributed by atoms with Crippen molar-refractivity contribution in [3.05, 3.63) is 11.5 Å². The molecular formula is C8H13FO2S. The van der Waals surface area contributed by atoms with Gasteiger partial charge >= 0.3 is 10.2 Å². The Balaban J connectivity index is 2.44. The summed E-state index contributed by atoms with van der Waals surface area (Å²) in [5.41, 5.74) is 0. The number of hydrogen-bond acceptors (Lipinski definition) is 2. The zero-order valence-corrected chi connectivity index (χ0v) is 7.69. The highest BCUT2D eigenvalue weighted by Crippen LogP contribution is 2.24. The topological polar surface area (TPSA) is 34.1 Å². The molecule has 0 unspecified atom stereocenters. The third-order valence-corrected chi connectivity index (χ3v) is 2.65. The van der Waals surface area contributed by atoms with Crippen molar-refractivity contribution < 1.29 is 12.3 Å². The molecule has 0 atom stereocenters. The van der Waals surface area contributed by atoms with Crippen LogP contribution < -0.4 is 0 Å². The molecule has 0 aromatic carbocycles. The summed E-state index contributed by atoms with van der Waals surface area (Å²) in [5, 5.41) is 0.684. The van der Waals surface area contributed by atoms with Gasteiger partial charge in [0.15, 0.2) is 0 Å². The van der Waals surface area contributed by atoms with Gasteiger partial charge in [0, 0.05) is 0 Å². The van der Waals surface area contributed by atoms with Gasteiger partial charge in [-0.2, -0.15) is 8.42 Å². The summed E-state index contributed by atoms with van der Waals surface area (Å²) in [6, 6.07) is 0. The fraction of sp³-hybridized carbons (Fsp3) is 0.750. The van der Waals surface area contributed by atoms with E-state index in [0.717, 1.165) is 25.7 Å². The molecule has 0 heterocycles. The number of rotatable bonds is 2. The molecule has 4 heteroatoms. The zero-order chi connectivity index (χ0) is 9.03. The lowest BCUT2D eigenvalue weighted by atomic mass is 9.90. The number of hydrogen-bond donors (Lipinski definition) is 0. The second kappa shape index (κ2) is 4.03. The molecule has 0 saturated heterocycles. The van der Waals surface area contributed by atoms with Crippen molar-refractivity contribution in [2.45, 2.75) is 32.1 Å². The van der Waals surface area contributed by atoms with Gasteiger partial charge in [-0.05, 0) is 18.8 Å². The first kappa shape index (κ1) is 9.71. The number of allylic oxidation sites excluding steroid dienone is 1. The fourth-order valence-electron chi connectivity index (χ4n) is 1.53. The summed E-state index contributed by atoms with van der Waals surface area (Å²) in [6.07, 6.45) is 6.93. The minimum atomic E-state index is -4.40. The fourth-order valence-corrected chi connectivity index (χ4v) is 1.94. The van der Waals surface area contributed by atoms with E-state index in [-0.39, 0.29) is 5.92 Å². The van der Waals surface area contributed by atoms with Gasteiger partial charge in [0.05, 0.1) is 5.41 Å². The summed E-state index contributed by atoms with van der Waals surface area (Å²) in [7, 11) is -4.40. The van der Waals surface area contributed by atoms with Crippen molar-refractivity contribution in [1.29, 1.82) is 0 Å². The van der Waals surface area contributed by atoms with Crippen LogP contribution in [0.5, 0.6) is 0 Å². The first-order chi connectivity index (χ1) is 5.58. The Kier molecular flexibility index (Phi) is 3.26. The van der Waals surface area contributed by atoms with Crippen LogP contribution in [-0.2, 0) is 10.2 Å². The van der Waals surface area contributed by atoms with E-state index in [1.807, 2.05) is 0 Å². The summed E-state index contributed by atoms with van der Waals surface area (Å²) in [4.78, 5) is 0. The van der Waals surface area contributed by atoms with Crippen LogP contribution in [0.4, 0.5) is 3.89 Å². The molecule has 0 aromatic rings. The van der Waals surface area contributed by atoms with E-state index >= 15 is 0 Å². The van der Waals surface area contributed by atoms with Crippen molar-refractivity contribution in [3.8, 4) is 0 Å². The molecule has 2 nitrogen and oxygen atoms in total. The second-order valence-corrected chi connectivity index (χ2v) is 4.43. The quantitative estimate of drug-likeness (QED) is 0.629. The molecule has 1 rings (SSSR count). The van der Waals surface area contributed by atoms with Gasteiger partial charge < -0.3 is 0 Å². The molecule has 1 aliphatic rings. The van der Waals surface area contributed by atoms with Gasteiger partial charge in [0.25, 0.3) is 0 Å². The highest BCUT2D eigenvalue weighted by molar-refractivity contribution is 7.89. The third kappa shape index (κ3) is 3.85. The van der Waals surface area contributed by atoms with E-state index in [4.69, 9.17) is 0 Å². The van der Waals surface area contributed by atoms with Crippen LogP contribution >= 0.6 is 0 Å². The van der Waals surface area contributed by atoms with E-state index in [2.05, 4.69) is 0 Å². The third-order valence-electron chi connectivity index (χ3n) is 2.16. The predicted molar refractivity (Wildman–Crippen MR) is 45.7 cm³/mol. The maximum Gasteiger partial charge on any atom is 0.324 e. The minimum absolute atomic E-state index is 0.268. The predicted octanol–water partition coefficient (Wildman–Crippen LogP) is 2.38. The van der Waals surface area contributed by atoms with Crippen LogP contribution in [0, 0.1) is 5.92 Å². The Hall–Kier alpha value is -0.380. The van der Waals surface area contributed by atoms with Gasteiger partial charge in [0.2, 0.25) is 0 Å². The van der Waals surface area contributed by atoms with Gasteiger partial charge in [-0.15, -0.1) is 3.89 Å². The molecule has 1 saturated carbocycles. The Bertz CT molecular complexity index is 250. The van der Waals surface area contributed by atoms with E-state index < -0.39 is 10.2 Å². The first-order valence-electron chi connectivity index (χ1n) is 4.21. The van der Waals surface area contributed by atoms with E-state index in [1.165, 1.54) is 12.5 Å². The molecule has 0 bridgehead atoms. The largest absolute Gasteiger partial charge is 0.324 e. The number of halogens is 1. The van der Waals surface area contributed by atoms with Crippen molar-refractivity contribution in [1.82, 2.24) is 0 Å². The van der Waals surface area contributed by atoms with Crippen molar-refractivity contribution in [3.63, 3.8) is 0 Å². The van der Waals surface area contributed by atoms with Crippen molar-refractivity contribution >= 4 is 10.2 Å². The molecule has 0 aromatic heterocycles. The summed E-state index contributed by atoms with van der Waals surface area (Å²) in [6.45, 7) is 0. The van der Waals surface area contributed by atoms with E-state index in [9.17, 15) is 12.3 Å². The highest BCUT2D eigenvalue weighted by Gasteiger charge is 2.11. The lowest BCUT2D eigenvalue weighted by Gasteiger charge is -2.17. The van der Waals surface area contributed by atoms with Crippen LogP contribution in [0.2, 0.25) is 0 Å². The van der Waals surface area contributed by atoms with Crippen LogP contribution in [0.3, 0.4) is 0 Å². The SMILES string of the molecule is O=S(=O)(F)/C=C/C1CCCCC1. The van der Waals surface area contributed by atoms with Crippen LogP contribution in [0.15, 0.2) is 11.5 Å². The smallest absolute Gasteiger partial charge is 0.190 e.